The summed E-state index contributed by atoms with van der Waals surface area (Å²) < 4.78 is 1.78. The monoisotopic (exact) mass is 206 g/mol. The summed E-state index contributed by atoms with van der Waals surface area (Å²) in [4.78, 5) is 0. The van der Waals surface area contributed by atoms with Crippen LogP contribution in [0.2, 0.25) is 0 Å². The number of nitrogen functional groups attached to an aromatic ring is 1. The van der Waals surface area contributed by atoms with E-state index < -0.39 is 0 Å². The van der Waals surface area contributed by atoms with E-state index in [1.54, 1.807) is 0 Å². The third-order valence-corrected chi connectivity index (χ3v) is 2.30. The first-order valence-electron chi connectivity index (χ1n) is 4.18. The van der Waals surface area contributed by atoms with Crippen molar-refractivity contribution in [3.05, 3.63) is 34.6 Å². The molecule has 0 aliphatic heterocycles. The molecule has 0 radical (unpaired) electrons. The normalized spacial score (nSPS) is 10.4. The van der Waals surface area contributed by atoms with Gasteiger partial charge in [0.05, 0.1) is 0 Å². The average Bonchev–Trinajstić information content (AvgIpc) is 2.50. The maximum absolute atomic E-state index is 5.69. The molecule has 0 aliphatic carbocycles. The molecule has 0 saturated carbocycles. The van der Waals surface area contributed by atoms with Gasteiger partial charge in [-0.25, -0.2) is 9.77 Å². The lowest BCUT2D eigenvalue weighted by molar-refractivity contribution is 0.984. The van der Waals surface area contributed by atoms with Gasteiger partial charge < -0.3 is 5.84 Å². The van der Waals surface area contributed by atoms with E-state index in [4.69, 9.17) is 18.1 Å². The van der Waals surface area contributed by atoms with Crippen molar-refractivity contribution >= 4 is 12.2 Å². The van der Waals surface area contributed by atoms with Gasteiger partial charge in [-0.05, 0) is 19.1 Å². The molecule has 0 spiro atoms. The van der Waals surface area contributed by atoms with Gasteiger partial charge in [-0.1, -0.05) is 29.8 Å². The molecule has 0 bridgehead atoms. The number of hydrogen-bond donors (Lipinski definition) is 2. The highest BCUT2D eigenvalue weighted by Crippen LogP contribution is 2.15. The molecule has 0 atom stereocenters. The van der Waals surface area contributed by atoms with Gasteiger partial charge in [0.1, 0.15) is 0 Å². The Bertz CT molecular complexity index is 494. The standard InChI is InChI=1S/C9H10N4S/c1-6-2-4-7(5-3-6)8-11-12-9(14)13(8)10/h2-5H,10H2,1H3,(H,12,14). The Morgan fingerprint density at radius 1 is 1.36 bits per heavy atom. The number of nitrogens with two attached hydrogens (primary N) is 1. The van der Waals surface area contributed by atoms with Crippen LogP contribution in [-0.4, -0.2) is 14.9 Å². The first kappa shape index (κ1) is 8.96. The fraction of sp³-hybridized carbons (Fsp3) is 0.111. The van der Waals surface area contributed by atoms with E-state index in [1.807, 2.05) is 31.2 Å². The highest BCUT2D eigenvalue weighted by atomic mass is 32.1. The third-order valence-electron chi connectivity index (χ3n) is 2.01. The second kappa shape index (κ2) is 3.26. The Kier molecular flexibility index (Phi) is 2.09. The Morgan fingerprint density at radius 2 is 2.00 bits per heavy atom. The molecule has 5 heteroatoms. The number of benzene rings is 1. The first-order chi connectivity index (χ1) is 6.68. The van der Waals surface area contributed by atoms with Gasteiger partial charge in [-0.2, -0.15) is 5.10 Å². The summed E-state index contributed by atoms with van der Waals surface area (Å²) in [7, 11) is 0. The summed E-state index contributed by atoms with van der Waals surface area (Å²) in [6, 6.07) is 7.94. The fourth-order valence-electron chi connectivity index (χ4n) is 1.21. The van der Waals surface area contributed by atoms with Crippen molar-refractivity contribution in [3.63, 3.8) is 0 Å². The lowest BCUT2D eigenvalue weighted by atomic mass is 10.1. The summed E-state index contributed by atoms with van der Waals surface area (Å²) in [6.07, 6.45) is 0. The molecule has 2 rings (SSSR count). The van der Waals surface area contributed by atoms with Gasteiger partial charge >= 0.3 is 0 Å². The third kappa shape index (κ3) is 1.42. The largest absolute Gasteiger partial charge is 0.335 e. The molecule has 3 N–H and O–H groups in total. The van der Waals surface area contributed by atoms with Crippen molar-refractivity contribution in [1.29, 1.82) is 0 Å². The summed E-state index contributed by atoms with van der Waals surface area (Å²) in [5.74, 6) is 6.34. The molecule has 2 aromatic rings. The molecule has 72 valence electrons. The second-order valence-corrected chi connectivity index (χ2v) is 3.48. The minimum atomic E-state index is 0.417. The minimum Gasteiger partial charge on any atom is -0.335 e. The molecule has 1 aromatic carbocycles. The zero-order chi connectivity index (χ0) is 10.1. The zero-order valence-electron chi connectivity index (χ0n) is 7.69. The molecule has 1 heterocycles. The van der Waals surface area contributed by atoms with E-state index in [2.05, 4.69) is 10.2 Å². The number of nitrogens with zero attached hydrogens (tertiary/aromatic N) is 2. The SMILES string of the molecule is Cc1ccc(-c2n[nH]c(=S)n2N)cc1. The van der Waals surface area contributed by atoms with Crippen LogP contribution >= 0.6 is 12.2 Å². The van der Waals surface area contributed by atoms with E-state index in [0.717, 1.165) is 5.56 Å². The number of nitrogens with one attached hydrogen (secondary N) is 1. The van der Waals surface area contributed by atoms with Crippen molar-refractivity contribution in [2.75, 3.05) is 5.84 Å². The van der Waals surface area contributed by atoms with Crippen LogP contribution in [0.5, 0.6) is 0 Å². The van der Waals surface area contributed by atoms with Gasteiger partial charge in [-0.15, -0.1) is 0 Å². The molecule has 0 saturated heterocycles. The maximum Gasteiger partial charge on any atom is 0.214 e. The average molecular weight is 206 g/mol. The van der Waals surface area contributed by atoms with Gasteiger partial charge in [0.25, 0.3) is 0 Å². The van der Waals surface area contributed by atoms with E-state index in [-0.39, 0.29) is 0 Å². The van der Waals surface area contributed by atoms with Crippen LogP contribution in [0.15, 0.2) is 24.3 Å². The van der Waals surface area contributed by atoms with E-state index in [0.29, 0.717) is 10.6 Å². The molecule has 0 amide bonds. The van der Waals surface area contributed by atoms with Gasteiger partial charge in [0, 0.05) is 5.56 Å². The first-order valence-corrected chi connectivity index (χ1v) is 4.59. The molecule has 4 nitrogen and oxygen atoms in total. The molecular formula is C9H10N4S. The van der Waals surface area contributed by atoms with Gasteiger partial charge in [0.2, 0.25) is 4.77 Å². The number of aromatic amines is 1. The summed E-state index contributed by atoms with van der Waals surface area (Å²) >= 11 is 4.92. The maximum atomic E-state index is 5.69. The highest BCUT2D eigenvalue weighted by Gasteiger charge is 2.04. The predicted octanol–water partition coefficient (Wildman–Crippen LogP) is 1.63. The van der Waals surface area contributed by atoms with Crippen LogP contribution in [0, 0.1) is 11.7 Å². The minimum absolute atomic E-state index is 0.417. The molecule has 0 aliphatic rings. The van der Waals surface area contributed by atoms with E-state index in [1.165, 1.54) is 10.2 Å². The Labute approximate surface area is 86.3 Å². The van der Waals surface area contributed by atoms with Crippen LogP contribution in [-0.2, 0) is 0 Å². The Morgan fingerprint density at radius 3 is 2.50 bits per heavy atom. The number of hydrogen-bond acceptors (Lipinski definition) is 3. The molecular weight excluding hydrogens is 196 g/mol. The number of aryl methyl sites for hydroxylation is 1. The van der Waals surface area contributed by atoms with Crippen LogP contribution < -0.4 is 5.84 Å². The van der Waals surface area contributed by atoms with E-state index in [9.17, 15) is 0 Å². The van der Waals surface area contributed by atoms with Crippen LogP contribution in [0.4, 0.5) is 0 Å². The Hall–Kier alpha value is -1.62. The van der Waals surface area contributed by atoms with Crippen LogP contribution in [0.1, 0.15) is 5.56 Å². The summed E-state index contributed by atoms with van der Waals surface area (Å²) in [5.41, 5.74) is 2.15. The number of aromatic nitrogens is 3. The molecule has 0 unspecified atom stereocenters. The topological polar surface area (TPSA) is 59.6 Å². The van der Waals surface area contributed by atoms with Crippen molar-refractivity contribution in [3.8, 4) is 11.4 Å². The van der Waals surface area contributed by atoms with Gasteiger partial charge in [0.15, 0.2) is 5.82 Å². The summed E-state index contributed by atoms with van der Waals surface area (Å²) in [5, 5.41) is 6.68. The van der Waals surface area contributed by atoms with Crippen molar-refractivity contribution in [1.82, 2.24) is 14.9 Å². The second-order valence-electron chi connectivity index (χ2n) is 3.09. The van der Waals surface area contributed by atoms with Gasteiger partial charge in [-0.3, -0.25) is 0 Å². The number of rotatable bonds is 1. The molecule has 1 aromatic heterocycles. The Balaban J connectivity index is 2.55. The predicted molar refractivity (Wildman–Crippen MR) is 57.7 cm³/mol. The van der Waals surface area contributed by atoms with Crippen molar-refractivity contribution < 1.29 is 0 Å². The highest BCUT2D eigenvalue weighted by molar-refractivity contribution is 7.71. The van der Waals surface area contributed by atoms with Crippen LogP contribution in [0.25, 0.3) is 11.4 Å². The quantitative estimate of drug-likeness (QED) is 0.550. The number of H-pyrrole nitrogens is 1. The van der Waals surface area contributed by atoms with Crippen LogP contribution in [0.3, 0.4) is 0 Å². The lowest BCUT2D eigenvalue weighted by Crippen LogP contribution is -2.09. The fourth-order valence-corrected chi connectivity index (χ4v) is 1.34. The summed E-state index contributed by atoms with van der Waals surface area (Å²) in [6.45, 7) is 2.03. The molecule has 0 fully saturated rings. The van der Waals surface area contributed by atoms with E-state index >= 15 is 0 Å². The van der Waals surface area contributed by atoms with Crippen molar-refractivity contribution in [2.45, 2.75) is 6.92 Å². The van der Waals surface area contributed by atoms with Crippen molar-refractivity contribution in [2.24, 2.45) is 0 Å². The zero-order valence-corrected chi connectivity index (χ0v) is 8.51. The lowest BCUT2D eigenvalue weighted by Gasteiger charge is -2.00. The smallest absolute Gasteiger partial charge is 0.214 e. The molecule has 14 heavy (non-hydrogen) atoms.